The number of ether oxygens (including phenoxy) is 3. The van der Waals surface area contributed by atoms with Crippen LogP contribution in [0.2, 0.25) is 64.0 Å². The zero-order valence-electron chi connectivity index (χ0n) is 27.3. The third kappa shape index (κ3) is 9.10. The van der Waals surface area contributed by atoms with Gasteiger partial charge in [-0.15, -0.1) is 0 Å². The Labute approximate surface area is 255 Å². The predicted octanol–water partition coefficient (Wildman–Crippen LogP) is 8.09. The number of fused-ring (bicyclic) bond motifs is 3. The molecular weight excluding hydrogens is 581 g/mol. The zero-order valence-corrected chi connectivity index (χ0v) is 31.3. The molecule has 0 bridgehead atoms. The average Bonchev–Trinajstić information content (AvgIpc) is 3.76. The lowest BCUT2D eigenvalue weighted by molar-refractivity contribution is 0.252. The first kappa shape index (κ1) is 31.6. The van der Waals surface area contributed by atoms with E-state index in [-0.39, 0.29) is 0 Å². The molecule has 0 aromatic carbocycles. The summed E-state index contributed by atoms with van der Waals surface area (Å²) in [7, 11) is -8.72. The van der Waals surface area contributed by atoms with Crippen molar-refractivity contribution < 1.29 is 26.6 Å². The molecule has 10 heteroatoms. The van der Waals surface area contributed by atoms with E-state index in [0.29, 0.717) is 36.6 Å². The quantitative estimate of drug-likeness (QED) is 0.133. The Morgan fingerprint density at radius 2 is 0.732 bits per heavy atom. The Morgan fingerprint density at radius 3 is 1.00 bits per heavy atom. The molecule has 0 N–H and O–H groups in total. The van der Waals surface area contributed by atoms with Crippen molar-refractivity contribution in [1.29, 1.82) is 0 Å². The summed E-state index contributed by atoms with van der Waals surface area (Å²) >= 11 is 0. The normalized spacial score (nSPS) is 39.7. The molecule has 6 fully saturated rings. The van der Waals surface area contributed by atoms with Gasteiger partial charge in [0, 0.05) is 6.55 Å². The highest BCUT2D eigenvalue weighted by Gasteiger charge is 2.51. The van der Waals surface area contributed by atoms with Gasteiger partial charge in [-0.1, -0.05) is 19.3 Å². The maximum atomic E-state index is 7.29. The summed E-state index contributed by atoms with van der Waals surface area (Å²) in [5.41, 5.74) is 0. The highest BCUT2D eigenvalue weighted by Crippen LogP contribution is 2.44. The summed E-state index contributed by atoms with van der Waals surface area (Å²) in [5, 5.41) is 0. The molecule has 3 saturated heterocycles. The number of hydrogen-bond donors (Lipinski definition) is 0. The van der Waals surface area contributed by atoms with Crippen LogP contribution in [0.1, 0.15) is 77.0 Å². The van der Waals surface area contributed by atoms with Crippen LogP contribution in [-0.2, 0) is 26.6 Å². The van der Waals surface area contributed by atoms with Crippen LogP contribution < -0.4 is 0 Å². The lowest BCUT2D eigenvalue weighted by Gasteiger charge is -2.44. The third-order valence-electron chi connectivity index (χ3n) is 11.2. The van der Waals surface area contributed by atoms with Crippen molar-refractivity contribution >= 4 is 33.8 Å². The van der Waals surface area contributed by atoms with Gasteiger partial charge in [-0.3, -0.25) is 0 Å². The van der Waals surface area contributed by atoms with Gasteiger partial charge in [-0.05, 0) is 133 Å². The van der Waals surface area contributed by atoms with E-state index in [2.05, 4.69) is 45.8 Å². The van der Waals surface area contributed by atoms with Gasteiger partial charge in [0.1, 0.15) is 0 Å². The topological polar surface area (TPSA) is 65.3 Å². The third-order valence-corrected chi connectivity index (χ3v) is 26.7. The summed E-state index contributed by atoms with van der Waals surface area (Å²) in [6, 6.07) is 3.59. The molecule has 6 nitrogen and oxygen atoms in total. The van der Waals surface area contributed by atoms with Crippen LogP contribution in [-0.4, -0.2) is 70.4 Å². The maximum Gasteiger partial charge on any atom is 0.466 e. The van der Waals surface area contributed by atoms with Crippen molar-refractivity contribution in [2.24, 2.45) is 17.8 Å². The van der Waals surface area contributed by atoms with Crippen LogP contribution in [0.4, 0.5) is 0 Å². The zero-order chi connectivity index (χ0) is 29.0. The molecule has 0 radical (unpaired) electrons. The molecule has 6 aliphatic rings. The Kier molecular flexibility index (Phi) is 9.32. The van der Waals surface area contributed by atoms with E-state index in [1.165, 1.54) is 95.2 Å². The van der Waals surface area contributed by atoms with Crippen molar-refractivity contribution in [2.45, 2.75) is 178 Å². The smallest absolute Gasteiger partial charge is 0.417 e. The van der Waals surface area contributed by atoms with Crippen molar-refractivity contribution in [2.75, 3.05) is 0 Å². The molecular formula is C31H60O6Si4. The minimum Gasteiger partial charge on any atom is -0.417 e. The van der Waals surface area contributed by atoms with Crippen molar-refractivity contribution in [3.8, 4) is 0 Å². The fourth-order valence-electron chi connectivity index (χ4n) is 8.62. The molecule has 236 valence electrons. The van der Waals surface area contributed by atoms with E-state index < -0.39 is 33.8 Å². The Morgan fingerprint density at radius 1 is 0.439 bits per heavy atom. The molecule has 3 saturated carbocycles. The van der Waals surface area contributed by atoms with E-state index in [1.807, 2.05) is 0 Å². The van der Waals surface area contributed by atoms with Gasteiger partial charge in [0.15, 0.2) is 25.0 Å². The molecule has 3 heterocycles. The Balaban J connectivity index is 1.06. The van der Waals surface area contributed by atoms with Crippen LogP contribution in [0.25, 0.3) is 0 Å². The number of epoxide rings is 3. The first-order chi connectivity index (χ1) is 19.3. The number of rotatable bonds is 15. The summed E-state index contributed by atoms with van der Waals surface area (Å²) < 4.78 is 39.3. The monoisotopic (exact) mass is 640 g/mol. The molecule has 41 heavy (non-hydrogen) atoms. The van der Waals surface area contributed by atoms with Crippen molar-refractivity contribution in [3.05, 3.63) is 0 Å². The van der Waals surface area contributed by atoms with Crippen molar-refractivity contribution in [1.82, 2.24) is 0 Å². The molecule has 0 spiro atoms. The fourth-order valence-corrected chi connectivity index (χ4v) is 26.8. The summed E-state index contributed by atoms with van der Waals surface area (Å²) in [6.07, 6.45) is 18.8. The Bertz CT molecular complexity index is 805. The lowest BCUT2D eigenvalue weighted by atomic mass is 9.88. The van der Waals surface area contributed by atoms with Crippen LogP contribution >= 0.6 is 0 Å². The molecule has 9 unspecified atom stereocenters. The molecule has 6 rings (SSSR count). The van der Waals surface area contributed by atoms with Crippen LogP contribution in [0.15, 0.2) is 0 Å². The standard InChI is InChI=1S/C31H60O6Si4/c1-38(2,17-14-23-8-11-26-29(20-23)32-26)35-41(7,36-39(3,4)18-15-24-9-12-27-30(21-24)33-27)37-40(5,6)19-16-25-10-13-28-31(22-25)34-28/h23-31H,8-22H2,1-7H3. The second-order valence-corrected chi connectivity index (χ2v) is 33.0. The van der Waals surface area contributed by atoms with E-state index in [9.17, 15) is 0 Å². The van der Waals surface area contributed by atoms with Gasteiger partial charge in [0.25, 0.3) is 0 Å². The summed E-state index contributed by atoms with van der Waals surface area (Å²) in [4.78, 5) is 0. The Hall–Kier alpha value is 0.628. The minimum absolute atomic E-state index is 0.562. The second kappa shape index (κ2) is 12.1. The van der Waals surface area contributed by atoms with E-state index >= 15 is 0 Å². The SMILES string of the molecule is C[Si](C)(CCC1CCC2OC2C1)O[Si](C)(O[Si](C)(C)CCC1CCC2OC2C1)O[Si](C)(C)CCC1CCC2OC2C1. The molecule has 9 atom stereocenters. The van der Waals surface area contributed by atoms with Crippen molar-refractivity contribution in [3.63, 3.8) is 0 Å². The first-order valence-corrected chi connectivity index (χ1v) is 28.9. The minimum atomic E-state index is -2.82. The highest BCUT2D eigenvalue weighted by molar-refractivity contribution is 6.90. The highest BCUT2D eigenvalue weighted by atomic mass is 28.5. The van der Waals surface area contributed by atoms with Gasteiger partial charge in [0.2, 0.25) is 0 Å². The van der Waals surface area contributed by atoms with E-state index in [1.54, 1.807) is 0 Å². The molecule has 0 aromatic heterocycles. The number of hydrogen-bond acceptors (Lipinski definition) is 6. The predicted molar refractivity (Wildman–Crippen MR) is 174 cm³/mol. The van der Waals surface area contributed by atoms with Gasteiger partial charge in [-0.2, -0.15) is 0 Å². The fraction of sp³-hybridized carbons (Fsp3) is 1.00. The maximum absolute atomic E-state index is 7.29. The van der Waals surface area contributed by atoms with Crippen LogP contribution in [0, 0.1) is 17.8 Å². The van der Waals surface area contributed by atoms with Gasteiger partial charge < -0.3 is 26.6 Å². The summed E-state index contributed by atoms with van der Waals surface area (Å²) in [6.45, 7) is 16.8. The molecule has 0 amide bonds. The first-order valence-electron chi connectivity index (χ1n) is 17.3. The molecule has 3 aliphatic heterocycles. The van der Waals surface area contributed by atoms with Crippen LogP contribution in [0.5, 0.6) is 0 Å². The van der Waals surface area contributed by atoms with Gasteiger partial charge in [-0.25, -0.2) is 0 Å². The summed E-state index contributed by atoms with van der Waals surface area (Å²) in [5.74, 6) is 2.41. The largest absolute Gasteiger partial charge is 0.466 e. The average molecular weight is 641 g/mol. The second-order valence-electron chi connectivity index (χ2n) is 16.7. The van der Waals surface area contributed by atoms with Gasteiger partial charge >= 0.3 is 8.80 Å². The van der Waals surface area contributed by atoms with Crippen LogP contribution in [0.3, 0.4) is 0 Å². The molecule has 3 aliphatic carbocycles. The lowest BCUT2D eigenvalue weighted by Crippen LogP contribution is -2.60. The van der Waals surface area contributed by atoms with Gasteiger partial charge in [0.05, 0.1) is 36.6 Å². The molecule has 0 aromatic rings. The van der Waals surface area contributed by atoms with E-state index in [4.69, 9.17) is 26.6 Å². The van der Waals surface area contributed by atoms with E-state index in [0.717, 1.165) is 17.8 Å².